The van der Waals surface area contributed by atoms with Crippen LogP contribution in [0, 0.1) is 0 Å². The van der Waals surface area contributed by atoms with E-state index in [0.717, 1.165) is 42.6 Å². The maximum atomic E-state index is 13.0. The van der Waals surface area contributed by atoms with E-state index in [9.17, 15) is 4.79 Å². The van der Waals surface area contributed by atoms with E-state index in [1.165, 1.54) is 37.4 Å². The Morgan fingerprint density at radius 1 is 1.21 bits per heavy atom. The Bertz CT molecular complexity index is 814. The third kappa shape index (κ3) is 4.77. The fourth-order valence-corrected chi connectivity index (χ4v) is 4.86. The van der Waals surface area contributed by atoms with Crippen LogP contribution in [0.3, 0.4) is 0 Å². The molecule has 0 unspecified atom stereocenters. The summed E-state index contributed by atoms with van der Waals surface area (Å²) in [6.45, 7) is 6.23. The summed E-state index contributed by atoms with van der Waals surface area (Å²) in [5.41, 5.74) is 1.16. The van der Waals surface area contributed by atoms with Gasteiger partial charge in [0.05, 0.1) is 11.3 Å². The molecule has 0 bridgehead atoms. The molecule has 2 atom stereocenters. The Balaban J connectivity index is 1.44. The van der Waals surface area contributed by atoms with Gasteiger partial charge in [-0.05, 0) is 44.6 Å². The van der Waals surface area contributed by atoms with Crippen LogP contribution in [-0.2, 0) is 4.79 Å². The maximum absolute atomic E-state index is 13.0. The molecule has 4 rings (SSSR count). The lowest BCUT2D eigenvalue weighted by molar-refractivity contribution is -0.121. The molecular weight excluding hydrogens is 382 g/mol. The minimum atomic E-state index is -0.216. The molecule has 1 N–H and O–H groups in total. The molecule has 2 aliphatic rings. The zero-order valence-corrected chi connectivity index (χ0v) is 18.2. The van der Waals surface area contributed by atoms with Crippen LogP contribution in [0.25, 0.3) is 0 Å². The first kappa shape index (κ1) is 20.3. The Hall–Kier alpha value is -2.02. The van der Waals surface area contributed by atoms with Crippen LogP contribution >= 0.6 is 11.8 Å². The predicted molar refractivity (Wildman–Crippen MR) is 117 cm³/mol. The van der Waals surface area contributed by atoms with Gasteiger partial charge in [0.25, 0.3) is 0 Å². The van der Waals surface area contributed by atoms with Crippen LogP contribution in [0.4, 0.5) is 5.95 Å². The molecule has 1 amide bonds. The van der Waals surface area contributed by atoms with Gasteiger partial charge in [0, 0.05) is 19.1 Å². The average molecular weight is 414 g/mol. The standard InChI is InChI=1S/C22H31N5OS/c1-3-9-19(17-10-5-4-6-11-17)23-20(28)16(2)29-22-25-24-21(26-14-7-8-15-26)27(22)18-12-13-18/h4-6,10-11,16,18-19H,3,7-9,12-15H2,1-2H3,(H,23,28)/t16-,19-/m1/s1. The highest BCUT2D eigenvalue weighted by atomic mass is 32.2. The summed E-state index contributed by atoms with van der Waals surface area (Å²) in [5, 5.41) is 12.9. The average Bonchev–Trinajstić information content (AvgIpc) is 3.25. The van der Waals surface area contributed by atoms with Gasteiger partial charge in [0.1, 0.15) is 0 Å². The number of hydrogen-bond acceptors (Lipinski definition) is 5. The lowest BCUT2D eigenvalue weighted by Gasteiger charge is -2.21. The number of nitrogens with zero attached hydrogens (tertiary/aromatic N) is 4. The van der Waals surface area contributed by atoms with Crippen LogP contribution in [0.2, 0.25) is 0 Å². The second kappa shape index (κ2) is 9.20. The first-order chi connectivity index (χ1) is 14.2. The summed E-state index contributed by atoms with van der Waals surface area (Å²) in [5.74, 6) is 1.05. The van der Waals surface area contributed by atoms with Gasteiger partial charge in [-0.2, -0.15) is 0 Å². The van der Waals surface area contributed by atoms with Crippen molar-refractivity contribution in [3.8, 4) is 0 Å². The Labute approximate surface area is 177 Å². The molecule has 2 aromatic rings. The van der Waals surface area contributed by atoms with Crippen molar-refractivity contribution in [2.75, 3.05) is 18.0 Å². The minimum absolute atomic E-state index is 0.0539. The van der Waals surface area contributed by atoms with Gasteiger partial charge in [-0.15, -0.1) is 10.2 Å². The number of carbonyl (C=O) groups is 1. The molecule has 7 heteroatoms. The second-order valence-corrected chi connectivity index (χ2v) is 9.41. The van der Waals surface area contributed by atoms with Crippen molar-refractivity contribution in [1.29, 1.82) is 0 Å². The van der Waals surface area contributed by atoms with E-state index in [-0.39, 0.29) is 17.2 Å². The summed E-state index contributed by atoms with van der Waals surface area (Å²) >= 11 is 1.53. The molecule has 2 heterocycles. The highest BCUT2D eigenvalue weighted by Crippen LogP contribution is 2.42. The monoisotopic (exact) mass is 413 g/mol. The van der Waals surface area contributed by atoms with Crippen molar-refractivity contribution < 1.29 is 4.79 Å². The highest BCUT2D eigenvalue weighted by molar-refractivity contribution is 8.00. The van der Waals surface area contributed by atoms with E-state index >= 15 is 0 Å². The van der Waals surface area contributed by atoms with Gasteiger partial charge in [-0.1, -0.05) is 55.4 Å². The fraction of sp³-hybridized carbons (Fsp3) is 0.591. The summed E-state index contributed by atoms with van der Waals surface area (Å²) in [4.78, 5) is 15.3. The van der Waals surface area contributed by atoms with Crippen molar-refractivity contribution in [3.63, 3.8) is 0 Å². The Kier molecular flexibility index (Phi) is 6.43. The summed E-state index contributed by atoms with van der Waals surface area (Å²) in [6, 6.07) is 10.8. The maximum Gasteiger partial charge on any atom is 0.233 e. The molecule has 1 aliphatic heterocycles. The summed E-state index contributed by atoms with van der Waals surface area (Å²) in [6.07, 6.45) is 6.76. The van der Waals surface area contributed by atoms with E-state index in [0.29, 0.717) is 6.04 Å². The zero-order chi connectivity index (χ0) is 20.2. The molecule has 156 valence electrons. The summed E-state index contributed by atoms with van der Waals surface area (Å²) < 4.78 is 2.28. The number of rotatable bonds is 9. The summed E-state index contributed by atoms with van der Waals surface area (Å²) in [7, 11) is 0. The van der Waals surface area contributed by atoms with E-state index in [1.54, 1.807) is 0 Å². The molecule has 0 spiro atoms. The molecular formula is C22H31N5OS. The van der Waals surface area contributed by atoms with Crippen LogP contribution < -0.4 is 10.2 Å². The van der Waals surface area contributed by atoms with E-state index in [2.05, 4.69) is 44.0 Å². The van der Waals surface area contributed by atoms with Gasteiger partial charge in [-0.3, -0.25) is 9.36 Å². The van der Waals surface area contributed by atoms with Crippen LogP contribution in [0.1, 0.15) is 70.0 Å². The molecule has 1 aromatic heterocycles. The van der Waals surface area contributed by atoms with E-state index in [4.69, 9.17) is 0 Å². The first-order valence-corrected chi connectivity index (χ1v) is 11.8. The number of aromatic nitrogens is 3. The molecule has 6 nitrogen and oxygen atoms in total. The van der Waals surface area contributed by atoms with Gasteiger partial charge in [-0.25, -0.2) is 0 Å². The molecule has 1 aromatic carbocycles. The number of benzene rings is 1. The number of nitrogens with one attached hydrogen (secondary N) is 1. The topological polar surface area (TPSA) is 63.1 Å². The van der Waals surface area contributed by atoms with Crippen molar-refractivity contribution in [1.82, 2.24) is 20.1 Å². The van der Waals surface area contributed by atoms with Crippen LogP contribution in [0.5, 0.6) is 0 Å². The Morgan fingerprint density at radius 2 is 1.93 bits per heavy atom. The molecule has 1 aliphatic carbocycles. The van der Waals surface area contributed by atoms with Crippen molar-refractivity contribution in [2.24, 2.45) is 0 Å². The van der Waals surface area contributed by atoms with Gasteiger partial charge < -0.3 is 10.2 Å². The van der Waals surface area contributed by atoms with Crippen molar-refractivity contribution in [2.45, 2.75) is 74.9 Å². The van der Waals surface area contributed by atoms with Crippen molar-refractivity contribution in [3.05, 3.63) is 35.9 Å². The van der Waals surface area contributed by atoms with Crippen LogP contribution in [0.15, 0.2) is 35.5 Å². The molecule has 1 saturated heterocycles. The third-order valence-corrected chi connectivity index (χ3v) is 6.75. The van der Waals surface area contributed by atoms with Gasteiger partial charge in [0.15, 0.2) is 5.16 Å². The largest absolute Gasteiger partial charge is 0.348 e. The van der Waals surface area contributed by atoms with Crippen LogP contribution in [-0.4, -0.2) is 39.0 Å². The SMILES string of the molecule is CCC[C@@H](NC(=O)[C@@H](C)Sc1nnc(N2CCCC2)n1C1CC1)c1ccccc1. The van der Waals surface area contributed by atoms with Crippen molar-refractivity contribution >= 4 is 23.6 Å². The number of carbonyl (C=O) groups excluding carboxylic acids is 1. The molecule has 29 heavy (non-hydrogen) atoms. The Morgan fingerprint density at radius 3 is 2.59 bits per heavy atom. The smallest absolute Gasteiger partial charge is 0.233 e. The van der Waals surface area contributed by atoms with Gasteiger partial charge in [0.2, 0.25) is 11.9 Å². The molecule has 0 radical (unpaired) electrons. The fourth-order valence-electron chi connectivity index (χ4n) is 3.93. The quantitative estimate of drug-likeness (QED) is 0.619. The lowest BCUT2D eigenvalue weighted by Crippen LogP contribution is -2.34. The van der Waals surface area contributed by atoms with E-state index < -0.39 is 0 Å². The van der Waals surface area contributed by atoms with E-state index in [1.807, 2.05) is 25.1 Å². The number of hydrogen-bond donors (Lipinski definition) is 1. The zero-order valence-electron chi connectivity index (χ0n) is 17.4. The van der Waals surface area contributed by atoms with Gasteiger partial charge >= 0.3 is 0 Å². The molecule has 1 saturated carbocycles. The third-order valence-electron chi connectivity index (χ3n) is 5.69. The first-order valence-electron chi connectivity index (χ1n) is 10.9. The minimum Gasteiger partial charge on any atom is -0.348 e. The predicted octanol–water partition coefficient (Wildman–Crippen LogP) is 4.35. The number of anilines is 1. The number of amides is 1. The normalized spacial score (nSPS) is 18.6. The molecule has 2 fully saturated rings. The number of thioether (sulfide) groups is 1. The second-order valence-electron chi connectivity index (χ2n) is 8.10. The highest BCUT2D eigenvalue weighted by Gasteiger charge is 2.33. The lowest BCUT2D eigenvalue weighted by atomic mass is 10.0.